The summed E-state index contributed by atoms with van der Waals surface area (Å²) in [6.45, 7) is 10.9. The van der Waals surface area contributed by atoms with Crippen LogP contribution < -0.4 is 10.6 Å². The van der Waals surface area contributed by atoms with E-state index in [-0.39, 0.29) is 0 Å². The van der Waals surface area contributed by atoms with E-state index >= 15 is 0 Å². The van der Waals surface area contributed by atoms with E-state index in [0.717, 1.165) is 38.2 Å². The Kier molecular flexibility index (Phi) is 7.82. The van der Waals surface area contributed by atoms with E-state index in [9.17, 15) is 0 Å². The van der Waals surface area contributed by atoms with Crippen LogP contribution in [0.25, 0.3) is 0 Å². The van der Waals surface area contributed by atoms with Gasteiger partial charge >= 0.3 is 0 Å². The lowest BCUT2D eigenvalue weighted by Crippen LogP contribution is -2.40. The highest BCUT2D eigenvalue weighted by Gasteiger charge is 2.29. The third-order valence-corrected chi connectivity index (χ3v) is 3.25. The number of aliphatic imine (C=N–C) groups is 1. The molecule has 0 spiro atoms. The summed E-state index contributed by atoms with van der Waals surface area (Å²) in [6, 6.07) is 1.42. The van der Waals surface area contributed by atoms with Gasteiger partial charge in [0, 0.05) is 38.8 Å². The topological polar surface area (TPSA) is 48.9 Å². The summed E-state index contributed by atoms with van der Waals surface area (Å²) >= 11 is 0. The van der Waals surface area contributed by atoms with Crippen LogP contribution in [0.15, 0.2) is 4.99 Å². The van der Waals surface area contributed by atoms with Gasteiger partial charge in [-0.25, -0.2) is 0 Å². The molecule has 0 aromatic heterocycles. The Morgan fingerprint density at radius 2 is 2.11 bits per heavy atom. The second-order valence-corrected chi connectivity index (χ2v) is 5.24. The van der Waals surface area contributed by atoms with Crippen molar-refractivity contribution in [2.75, 3.05) is 39.9 Å². The minimum atomic E-state index is 0.617. The third kappa shape index (κ3) is 6.78. The van der Waals surface area contributed by atoms with E-state index in [1.807, 2.05) is 0 Å². The summed E-state index contributed by atoms with van der Waals surface area (Å²) in [5, 5.41) is 6.52. The normalized spacial score (nSPS) is 16.2. The third-order valence-electron chi connectivity index (χ3n) is 3.25. The van der Waals surface area contributed by atoms with Crippen molar-refractivity contribution in [3.63, 3.8) is 0 Å². The smallest absolute Gasteiger partial charge is 0.191 e. The molecule has 19 heavy (non-hydrogen) atoms. The molecule has 0 radical (unpaired) electrons. The number of hydrogen-bond acceptors (Lipinski definition) is 3. The zero-order valence-corrected chi connectivity index (χ0v) is 12.9. The molecule has 0 atom stereocenters. The van der Waals surface area contributed by atoms with Crippen LogP contribution in [0.1, 0.15) is 33.6 Å². The Labute approximate surface area is 117 Å². The molecule has 2 N–H and O–H groups in total. The number of guanidine groups is 1. The Morgan fingerprint density at radius 3 is 2.63 bits per heavy atom. The van der Waals surface area contributed by atoms with E-state index in [2.05, 4.69) is 41.3 Å². The SMILES string of the molecule is CCNC(=NCCN(C(C)C)C1CC1)NCCOC. The first-order valence-corrected chi connectivity index (χ1v) is 7.45. The van der Waals surface area contributed by atoms with Gasteiger partial charge in [-0.05, 0) is 33.6 Å². The molecule has 1 saturated carbocycles. The minimum Gasteiger partial charge on any atom is -0.383 e. The van der Waals surface area contributed by atoms with Gasteiger partial charge in [0.1, 0.15) is 0 Å². The Balaban J connectivity index is 2.31. The second kappa shape index (κ2) is 9.15. The van der Waals surface area contributed by atoms with E-state index in [4.69, 9.17) is 4.74 Å². The number of nitrogens with zero attached hydrogens (tertiary/aromatic N) is 2. The molecule has 0 bridgehead atoms. The summed E-state index contributed by atoms with van der Waals surface area (Å²) in [7, 11) is 1.71. The van der Waals surface area contributed by atoms with Crippen LogP contribution in [0.3, 0.4) is 0 Å². The van der Waals surface area contributed by atoms with Gasteiger partial charge in [0.15, 0.2) is 5.96 Å². The largest absolute Gasteiger partial charge is 0.383 e. The fraction of sp³-hybridized carbons (Fsp3) is 0.929. The molecule has 5 heteroatoms. The van der Waals surface area contributed by atoms with Crippen LogP contribution in [0, 0.1) is 0 Å². The number of hydrogen-bond donors (Lipinski definition) is 2. The zero-order chi connectivity index (χ0) is 14.1. The summed E-state index contributed by atoms with van der Waals surface area (Å²) in [5.74, 6) is 0.888. The first kappa shape index (κ1) is 16.2. The van der Waals surface area contributed by atoms with Gasteiger partial charge in [-0.3, -0.25) is 9.89 Å². The maximum atomic E-state index is 5.03. The lowest BCUT2D eigenvalue weighted by molar-refractivity contribution is 0.203. The average Bonchev–Trinajstić information content (AvgIpc) is 3.18. The maximum Gasteiger partial charge on any atom is 0.191 e. The summed E-state index contributed by atoms with van der Waals surface area (Å²) in [4.78, 5) is 7.17. The van der Waals surface area contributed by atoms with E-state index < -0.39 is 0 Å². The van der Waals surface area contributed by atoms with Crippen molar-refractivity contribution in [2.45, 2.75) is 45.7 Å². The van der Waals surface area contributed by atoms with Crippen molar-refractivity contribution < 1.29 is 4.74 Å². The highest BCUT2D eigenvalue weighted by Crippen LogP contribution is 2.28. The number of methoxy groups -OCH3 is 1. The van der Waals surface area contributed by atoms with Crippen LogP contribution in [0.4, 0.5) is 0 Å². The molecule has 0 amide bonds. The van der Waals surface area contributed by atoms with Crippen molar-refractivity contribution in [3.05, 3.63) is 0 Å². The molecular weight excluding hydrogens is 240 g/mol. The molecule has 1 rings (SSSR count). The number of nitrogens with one attached hydrogen (secondary N) is 2. The van der Waals surface area contributed by atoms with Gasteiger partial charge in [-0.2, -0.15) is 0 Å². The predicted molar refractivity (Wildman–Crippen MR) is 80.7 cm³/mol. The van der Waals surface area contributed by atoms with E-state index in [1.165, 1.54) is 12.8 Å². The molecule has 0 saturated heterocycles. The van der Waals surface area contributed by atoms with Crippen molar-refractivity contribution in [1.29, 1.82) is 0 Å². The Hall–Kier alpha value is -0.810. The highest BCUT2D eigenvalue weighted by atomic mass is 16.5. The molecule has 0 heterocycles. The van der Waals surface area contributed by atoms with E-state index in [1.54, 1.807) is 7.11 Å². The van der Waals surface area contributed by atoms with Gasteiger partial charge < -0.3 is 15.4 Å². The zero-order valence-electron chi connectivity index (χ0n) is 12.9. The van der Waals surface area contributed by atoms with Crippen molar-refractivity contribution >= 4 is 5.96 Å². The van der Waals surface area contributed by atoms with Crippen LogP contribution >= 0.6 is 0 Å². The maximum absolute atomic E-state index is 5.03. The number of rotatable bonds is 9. The van der Waals surface area contributed by atoms with Gasteiger partial charge in [-0.1, -0.05) is 0 Å². The van der Waals surface area contributed by atoms with Crippen LogP contribution in [0.5, 0.6) is 0 Å². The van der Waals surface area contributed by atoms with Crippen molar-refractivity contribution in [2.24, 2.45) is 4.99 Å². The molecule has 1 fully saturated rings. The molecular formula is C14H30N4O. The highest BCUT2D eigenvalue weighted by molar-refractivity contribution is 5.79. The molecule has 0 aromatic rings. The fourth-order valence-electron chi connectivity index (χ4n) is 2.16. The van der Waals surface area contributed by atoms with Gasteiger partial charge in [-0.15, -0.1) is 0 Å². The predicted octanol–water partition coefficient (Wildman–Crippen LogP) is 1.06. The first-order valence-electron chi connectivity index (χ1n) is 7.45. The molecule has 1 aliphatic carbocycles. The molecule has 1 aliphatic rings. The molecule has 0 aliphatic heterocycles. The summed E-state index contributed by atoms with van der Waals surface area (Å²) < 4.78 is 5.03. The van der Waals surface area contributed by atoms with Crippen molar-refractivity contribution in [1.82, 2.24) is 15.5 Å². The van der Waals surface area contributed by atoms with Crippen LogP contribution in [-0.2, 0) is 4.74 Å². The van der Waals surface area contributed by atoms with Gasteiger partial charge in [0.05, 0.1) is 13.2 Å². The van der Waals surface area contributed by atoms with Crippen LogP contribution in [0.2, 0.25) is 0 Å². The fourth-order valence-corrected chi connectivity index (χ4v) is 2.16. The average molecular weight is 270 g/mol. The first-order chi connectivity index (χ1) is 9.19. The lowest BCUT2D eigenvalue weighted by Gasteiger charge is -2.25. The van der Waals surface area contributed by atoms with Gasteiger partial charge in [0.25, 0.3) is 0 Å². The Bertz CT molecular complexity index is 262. The monoisotopic (exact) mass is 270 g/mol. The summed E-state index contributed by atoms with van der Waals surface area (Å²) in [6.07, 6.45) is 2.71. The molecule has 112 valence electrons. The second-order valence-electron chi connectivity index (χ2n) is 5.24. The van der Waals surface area contributed by atoms with Crippen molar-refractivity contribution in [3.8, 4) is 0 Å². The minimum absolute atomic E-state index is 0.617. The Morgan fingerprint density at radius 1 is 1.37 bits per heavy atom. The summed E-state index contributed by atoms with van der Waals surface area (Å²) in [5.41, 5.74) is 0. The molecule has 0 aromatic carbocycles. The quantitative estimate of drug-likeness (QED) is 0.374. The van der Waals surface area contributed by atoms with E-state index in [0.29, 0.717) is 12.6 Å². The molecule has 0 unspecified atom stereocenters. The number of ether oxygens (including phenoxy) is 1. The lowest BCUT2D eigenvalue weighted by atomic mass is 10.3. The van der Waals surface area contributed by atoms with Crippen LogP contribution in [-0.4, -0.2) is 62.8 Å². The standard InChI is InChI=1S/C14H30N4O/c1-5-15-14(17-9-11-19-4)16-8-10-18(12(2)3)13-6-7-13/h12-13H,5-11H2,1-4H3,(H2,15,16,17). The van der Waals surface area contributed by atoms with Gasteiger partial charge in [0.2, 0.25) is 0 Å². The molecule has 5 nitrogen and oxygen atoms in total.